The molecule has 2 aliphatic rings. The maximum absolute atomic E-state index is 13.6. The minimum atomic E-state index is -2.05. The first kappa shape index (κ1) is 32.4. The number of hydrogen-bond donors (Lipinski definition) is 12. The molecule has 45 heavy (non-hydrogen) atoms. The van der Waals surface area contributed by atoms with Gasteiger partial charge in [-0.1, -0.05) is 0 Å². The maximum Gasteiger partial charge on any atom is 0.239 e. The Labute approximate surface area is 250 Å². The molecule has 246 valence electrons. The van der Waals surface area contributed by atoms with Crippen LogP contribution >= 0.6 is 0 Å². The van der Waals surface area contributed by atoms with Crippen molar-refractivity contribution in [3.05, 3.63) is 34.5 Å². The topological polar surface area (TPSA) is 310 Å². The van der Waals surface area contributed by atoms with Gasteiger partial charge in [0.25, 0.3) is 0 Å². The number of aliphatic hydroxyl groups excluding tert-OH is 7. The summed E-state index contributed by atoms with van der Waals surface area (Å²) >= 11 is 0. The second-order valence-corrected chi connectivity index (χ2v) is 10.5. The van der Waals surface area contributed by atoms with Crippen molar-refractivity contribution in [3.63, 3.8) is 0 Å². The van der Waals surface area contributed by atoms with Gasteiger partial charge in [0, 0.05) is 17.7 Å². The van der Waals surface area contributed by atoms with Crippen molar-refractivity contribution in [3.8, 4) is 45.8 Å². The van der Waals surface area contributed by atoms with E-state index in [9.17, 15) is 66.1 Å². The largest absolute Gasteiger partial charge is 0.508 e. The van der Waals surface area contributed by atoms with Gasteiger partial charge in [0.15, 0.2) is 29.3 Å². The molecule has 0 saturated carbocycles. The third kappa shape index (κ3) is 5.91. The van der Waals surface area contributed by atoms with Gasteiger partial charge >= 0.3 is 0 Å². The summed E-state index contributed by atoms with van der Waals surface area (Å²) in [5, 5.41) is 121. The molecule has 18 heteroatoms. The van der Waals surface area contributed by atoms with Gasteiger partial charge in [-0.05, 0) is 12.1 Å². The van der Waals surface area contributed by atoms with E-state index in [1.807, 2.05) is 0 Å². The second-order valence-electron chi connectivity index (χ2n) is 10.5. The molecular formula is C27H30O18. The van der Waals surface area contributed by atoms with Crippen LogP contribution < -0.4 is 10.2 Å². The zero-order valence-electron chi connectivity index (χ0n) is 22.8. The van der Waals surface area contributed by atoms with Crippen LogP contribution in [0.2, 0.25) is 0 Å². The Morgan fingerprint density at radius 2 is 1.27 bits per heavy atom. The fourth-order valence-electron chi connectivity index (χ4n) is 4.96. The highest BCUT2D eigenvalue weighted by Crippen LogP contribution is 2.43. The molecule has 3 aromatic rings. The lowest BCUT2D eigenvalue weighted by molar-refractivity contribution is -0.323. The summed E-state index contributed by atoms with van der Waals surface area (Å²) in [5.74, 6) is -5.28. The number of phenols is 5. The van der Waals surface area contributed by atoms with Crippen molar-refractivity contribution >= 4 is 11.0 Å². The summed E-state index contributed by atoms with van der Waals surface area (Å²) in [5.41, 5.74) is -1.80. The predicted molar refractivity (Wildman–Crippen MR) is 143 cm³/mol. The van der Waals surface area contributed by atoms with E-state index in [1.54, 1.807) is 0 Å². The highest BCUT2D eigenvalue weighted by Gasteiger charge is 2.48. The smallest absolute Gasteiger partial charge is 0.239 e. The number of fused-ring (bicyclic) bond motifs is 1. The van der Waals surface area contributed by atoms with Crippen LogP contribution in [0.15, 0.2) is 33.5 Å². The third-order valence-electron chi connectivity index (χ3n) is 7.43. The molecule has 2 aliphatic heterocycles. The zero-order chi connectivity index (χ0) is 32.9. The van der Waals surface area contributed by atoms with E-state index in [0.29, 0.717) is 0 Å². The highest BCUT2D eigenvalue weighted by molar-refractivity contribution is 5.88. The lowest BCUT2D eigenvalue weighted by Gasteiger charge is -2.42. The van der Waals surface area contributed by atoms with E-state index in [-0.39, 0.29) is 5.56 Å². The summed E-state index contributed by atoms with van der Waals surface area (Å²) in [6.07, 6.45) is -17.8. The fourth-order valence-corrected chi connectivity index (χ4v) is 4.96. The van der Waals surface area contributed by atoms with Crippen LogP contribution in [0.25, 0.3) is 22.3 Å². The van der Waals surface area contributed by atoms with Crippen LogP contribution in [0.5, 0.6) is 34.5 Å². The number of aliphatic hydroxyl groups is 7. The molecular weight excluding hydrogens is 612 g/mol. The molecule has 10 atom stereocenters. The second kappa shape index (κ2) is 12.4. The Bertz CT molecular complexity index is 1580. The van der Waals surface area contributed by atoms with Crippen LogP contribution in [0, 0.1) is 0 Å². The molecule has 0 radical (unpaired) electrons. The van der Waals surface area contributed by atoms with Gasteiger partial charge in [-0.3, -0.25) is 4.79 Å². The standard InChI is InChI=1S/C27H30O18/c28-5-13-17(34)20(37)22(39)26(43-13)41-6-14-18(35)21(38)23(40)27(44-14)45-25-19(36)15-9(30)3-8(29)4-12(15)42-24(25)7-1-10(31)16(33)11(32)2-7/h1-4,13-14,17-18,20-23,26-35,37-40H,5-6H2. The molecule has 2 saturated heterocycles. The molecule has 0 bridgehead atoms. The number of aromatic hydroxyl groups is 5. The van der Waals surface area contributed by atoms with Crippen LogP contribution in [-0.2, 0) is 14.2 Å². The Morgan fingerprint density at radius 1 is 0.689 bits per heavy atom. The first-order valence-corrected chi connectivity index (χ1v) is 13.3. The van der Waals surface area contributed by atoms with E-state index in [4.69, 9.17) is 23.4 Å². The summed E-state index contributed by atoms with van der Waals surface area (Å²) in [4.78, 5) is 13.6. The number of benzene rings is 2. The van der Waals surface area contributed by atoms with Gasteiger partial charge < -0.3 is 84.6 Å². The molecule has 2 fully saturated rings. The van der Waals surface area contributed by atoms with E-state index < -0.39 is 131 Å². The molecule has 10 unspecified atom stereocenters. The van der Waals surface area contributed by atoms with E-state index >= 15 is 0 Å². The van der Waals surface area contributed by atoms with Crippen molar-refractivity contribution in [2.24, 2.45) is 0 Å². The molecule has 0 aliphatic carbocycles. The van der Waals surface area contributed by atoms with Gasteiger partial charge in [0.2, 0.25) is 17.5 Å². The molecule has 5 rings (SSSR count). The third-order valence-corrected chi connectivity index (χ3v) is 7.43. The van der Waals surface area contributed by atoms with Gasteiger partial charge in [-0.15, -0.1) is 0 Å². The molecule has 18 nitrogen and oxygen atoms in total. The van der Waals surface area contributed by atoms with Crippen LogP contribution in [0.1, 0.15) is 0 Å². The van der Waals surface area contributed by atoms with Gasteiger partial charge in [-0.25, -0.2) is 0 Å². The number of hydrogen-bond acceptors (Lipinski definition) is 18. The SMILES string of the molecule is O=c1c(OC2OC(COC3OC(CO)C(O)C(O)C3O)C(O)C(O)C2O)c(-c2cc(O)c(O)c(O)c2)oc2cc(O)cc(O)c12. The predicted octanol–water partition coefficient (Wildman–Crippen LogP) is -3.01. The Morgan fingerprint density at radius 3 is 1.89 bits per heavy atom. The number of ether oxygens (including phenoxy) is 4. The first-order valence-electron chi connectivity index (χ1n) is 13.3. The average Bonchev–Trinajstić information content (AvgIpc) is 2.99. The van der Waals surface area contributed by atoms with Gasteiger partial charge in [0.1, 0.15) is 71.3 Å². The fraction of sp³-hybridized carbons (Fsp3) is 0.444. The molecule has 0 spiro atoms. The quantitative estimate of drug-likeness (QED) is 0.114. The molecule has 0 amide bonds. The van der Waals surface area contributed by atoms with Crippen molar-refractivity contribution in [1.29, 1.82) is 0 Å². The minimum absolute atomic E-state index is 0.284. The summed E-state index contributed by atoms with van der Waals surface area (Å²) in [6, 6.07) is 3.51. The van der Waals surface area contributed by atoms with Crippen molar-refractivity contribution < 1.29 is 84.6 Å². The first-order chi connectivity index (χ1) is 21.2. The summed E-state index contributed by atoms with van der Waals surface area (Å²) in [6.45, 7) is -1.47. The molecule has 2 aromatic carbocycles. The van der Waals surface area contributed by atoms with Crippen molar-refractivity contribution in [2.45, 2.75) is 61.4 Å². The van der Waals surface area contributed by atoms with Crippen LogP contribution in [0.3, 0.4) is 0 Å². The van der Waals surface area contributed by atoms with E-state index in [2.05, 4.69) is 0 Å². The monoisotopic (exact) mass is 642 g/mol. The minimum Gasteiger partial charge on any atom is -0.508 e. The number of rotatable bonds is 7. The Kier molecular flexibility index (Phi) is 8.97. The van der Waals surface area contributed by atoms with Gasteiger partial charge in [0.05, 0.1) is 13.2 Å². The molecule has 1 aromatic heterocycles. The van der Waals surface area contributed by atoms with E-state index in [0.717, 1.165) is 24.3 Å². The van der Waals surface area contributed by atoms with Crippen LogP contribution in [-0.4, -0.2) is 136 Å². The Hall–Kier alpha value is -3.95. The lowest BCUT2D eigenvalue weighted by atomic mass is 9.98. The average molecular weight is 643 g/mol. The summed E-state index contributed by atoms with van der Waals surface area (Å²) in [7, 11) is 0. The number of phenolic OH excluding ortho intramolecular Hbond substituents is 5. The van der Waals surface area contributed by atoms with Crippen LogP contribution in [0.4, 0.5) is 0 Å². The lowest BCUT2D eigenvalue weighted by Crippen LogP contribution is -2.62. The van der Waals surface area contributed by atoms with Crippen molar-refractivity contribution in [1.82, 2.24) is 0 Å². The highest BCUT2D eigenvalue weighted by atomic mass is 16.7. The Balaban J connectivity index is 1.49. The van der Waals surface area contributed by atoms with Crippen molar-refractivity contribution in [2.75, 3.05) is 13.2 Å². The van der Waals surface area contributed by atoms with Gasteiger partial charge in [-0.2, -0.15) is 0 Å². The molecule has 12 N–H and O–H groups in total. The maximum atomic E-state index is 13.6. The normalized spacial score (nSPS) is 32.1. The van der Waals surface area contributed by atoms with E-state index in [1.165, 1.54) is 0 Å². The zero-order valence-corrected chi connectivity index (χ0v) is 22.8. The summed E-state index contributed by atoms with van der Waals surface area (Å²) < 4.78 is 27.5. The molecule has 3 heterocycles.